The van der Waals surface area contributed by atoms with Crippen molar-refractivity contribution in [3.8, 4) is 0 Å². The number of hydrogen-bond donors (Lipinski definition) is 0. The minimum atomic E-state index is -2.94. The van der Waals surface area contributed by atoms with Gasteiger partial charge in [-0.15, -0.1) is 0 Å². The second kappa shape index (κ2) is 8.13. The third kappa shape index (κ3) is 5.69. The number of rotatable bonds is 6. The molecule has 2 saturated carbocycles. The minimum absolute atomic E-state index is 0.0553. The smallest absolute Gasteiger partial charge is 0.305 e. The molecule has 0 heterocycles. The van der Waals surface area contributed by atoms with E-state index in [9.17, 15) is 4.57 Å². The predicted octanol–water partition coefficient (Wildman–Crippen LogP) is 5.78. The molecule has 0 bridgehead atoms. The molecule has 4 heteroatoms. The van der Waals surface area contributed by atoms with Crippen LogP contribution in [-0.4, -0.2) is 18.9 Å². The lowest BCUT2D eigenvalue weighted by atomic mass is 9.86. The molecule has 0 saturated heterocycles. The molecule has 0 aliphatic heterocycles. The maximum absolute atomic E-state index is 12.7. The van der Waals surface area contributed by atoms with E-state index in [1.165, 1.54) is 64.2 Å². The van der Waals surface area contributed by atoms with Gasteiger partial charge in [-0.2, -0.15) is 0 Å². The molecule has 3 nitrogen and oxygen atoms in total. The van der Waals surface area contributed by atoms with Crippen LogP contribution in [0.15, 0.2) is 0 Å². The first kappa shape index (κ1) is 17.5. The highest BCUT2D eigenvalue weighted by atomic mass is 31.2. The average Bonchev–Trinajstić information content (AvgIpc) is 2.48. The standard InChI is InChI=1S/C17H33O3P/c1-14(16-10-6-4-7-11-16)19-21(3,18)20-15(2)17-12-8-5-9-13-17/h14-17H,4-13H2,1-3H3. The Morgan fingerprint density at radius 1 is 0.762 bits per heavy atom. The maximum Gasteiger partial charge on any atom is 0.328 e. The summed E-state index contributed by atoms with van der Waals surface area (Å²) in [6.45, 7) is 5.80. The molecule has 124 valence electrons. The van der Waals surface area contributed by atoms with E-state index in [0.717, 1.165) is 0 Å². The molecule has 2 fully saturated rings. The average molecular weight is 316 g/mol. The molecule has 2 aliphatic carbocycles. The SMILES string of the molecule is CC(OP(C)(=O)OC(C)C1CCCCC1)C1CCCCC1. The molecule has 21 heavy (non-hydrogen) atoms. The van der Waals surface area contributed by atoms with E-state index in [1.807, 2.05) is 0 Å². The van der Waals surface area contributed by atoms with E-state index >= 15 is 0 Å². The van der Waals surface area contributed by atoms with Gasteiger partial charge in [-0.3, -0.25) is 4.57 Å². The van der Waals surface area contributed by atoms with Crippen LogP contribution in [0, 0.1) is 11.8 Å². The summed E-state index contributed by atoms with van der Waals surface area (Å²) in [5.74, 6) is 1.11. The van der Waals surface area contributed by atoms with E-state index < -0.39 is 7.60 Å². The van der Waals surface area contributed by atoms with Crippen molar-refractivity contribution in [1.82, 2.24) is 0 Å². The second-order valence-electron chi connectivity index (χ2n) is 7.19. The molecule has 0 spiro atoms. The Balaban J connectivity index is 1.80. The van der Waals surface area contributed by atoms with Gasteiger partial charge in [0, 0.05) is 6.66 Å². The van der Waals surface area contributed by atoms with Gasteiger partial charge in [0.2, 0.25) is 0 Å². The highest BCUT2D eigenvalue weighted by molar-refractivity contribution is 7.53. The Kier molecular flexibility index (Phi) is 6.78. The molecule has 0 aromatic carbocycles. The topological polar surface area (TPSA) is 35.5 Å². The van der Waals surface area contributed by atoms with Crippen LogP contribution >= 0.6 is 7.60 Å². The fourth-order valence-corrected chi connectivity index (χ4v) is 5.61. The lowest BCUT2D eigenvalue weighted by Crippen LogP contribution is -2.25. The first-order valence-corrected chi connectivity index (χ1v) is 10.9. The summed E-state index contributed by atoms with van der Waals surface area (Å²) in [5, 5.41) is 0. The van der Waals surface area contributed by atoms with Gasteiger partial charge >= 0.3 is 7.60 Å². The molecular weight excluding hydrogens is 283 g/mol. The largest absolute Gasteiger partial charge is 0.328 e. The van der Waals surface area contributed by atoms with Crippen LogP contribution in [0.2, 0.25) is 0 Å². The fraction of sp³-hybridized carbons (Fsp3) is 1.00. The van der Waals surface area contributed by atoms with E-state index in [0.29, 0.717) is 11.8 Å². The van der Waals surface area contributed by atoms with Crippen molar-refractivity contribution < 1.29 is 13.6 Å². The molecule has 2 aliphatic rings. The van der Waals surface area contributed by atoms with Crippen molar-refractivity contribution >= 4 is 7.60 Å². The molecule has 0 radical (unpaired) electrons. The predicted molar refractivity (Wildman–Crippen MR) is 87.8 cm³/mol. The van der Waals surface area contributed by atoms with Crippen LogP contribution in [0.25, 0.3) is 0 Å². The quantitative estimate of drug-likeness (QED) is 0.583. The van der Waals surface area contributed by atoms with Crippen molar-refractivity contribution in [3.63, 3.8) is 0 Å². The van der Waals surface area contributed by atoms with Gasteiger partial charge in [0.25, 0.3) is 0 Å². The Morgan fingerprint density at radius 3 is 1.43 bits per heavy atom. The Bertz CT molecular complexity index is 316. The van der Waals surface area contributed by atoms with Gasteiger partial charge in [0.05, 0.1) is 12.2 Å². The molecular formula is C17H33O3P. The maximum atomic E-state index is 12.7. The van der Waals surface area contributed by atoms with Crippen molar-refractivity contribution in [1.29, 1.82) is 0 Å². The summed E-state index contributed by atoms with van der Waals surface area (Å²) in [6, 6.07) is 0. The molecule has 0 aromatic heterocycles. The Hall–Kier alpha value is 0.150. The third-order valence-electron chi connectivity index (χ3n) is 5.34. The molecule has 0 N–H and O–H groups in total. The zero-order valence-electron chi connectivity index (χ0n) is 14.1. The van der Waals surface area contributed by atoms with Gasteiger partial charge in [-0.05, 0) is 51.4 Å². The summed E-state index contributed by atoms with van der Waals surface area (Å²) >= 11 is 0. The van der Waals surface area contributed by atoms with Crippen molar-refractivity contribution in [3.05, 3.63) is 0 Å². The van der Waals surface area contributed by atoms with Crippen LogP contribution in [0.3, 0.4) is 0 Å². The van der Waals surface area contributed by atoms with Crippen LogP contribution in [0.4, 0.5) is 0 Å². The first-order valence-electron chi connectivity index (χ1n) is 8.92. The Labute approximate surface area is 130 Å². The van der Waals surface area contributed by atoms with Crippen molar-refractivity contribution in [2.24, 2.45) is 11.8 Å². The van der Waals surface area contributed by atoms with Crippen LogP contribution < -0.4 is 0 Å². The van der Waals surface area contributed by atoms with E-state index in [-0.39, 0.29) is 12.2 Å². The number of hydrogen-bond acceptors (Lipinski definition) is 3. The van der Waals surface area contributed by atoms with Crippen molar-refractivity contribution in [2.45, 2.75) is 90.3 Å². The summed E-state index contributed by atoms with van der Waals surface area (Å²) in [6.07, 6.45) is 12.7. The van der Waals surface area contributed by atoms with Gasteiger partial charge < -0.3 is 9.05 Å². The van der Waals surface area contributed by atoms with Crippen LogP contribution in [0.1, 0.15) is 78.1 Å². The molecule has 0 amide bonds. The summed E-state index contributed by atoms with van der Waals surface area (Å²) in [5.41, 5.74) is 0. The highest BCUT2D eigenvalue weighted by Gasteiger charge is 2.31. The van der Waals surface area contributed by atoms with Gasteiger partial charge in [0.1, 0.15) is 0 Å². The van der Waals surface area contributed by atoms with E-state index in [2.05, 4.69) is 13.8 Å². The van der Waals surface area contributed by atoms with E-state index in [1.54, 1.807) is 6.66 Å². The molecule has 2 rings (SSSR count). The van der Waals surface area contributed by atoms with Crippen molar-refractivity contribution in [2.75, 3.05) is 6.66 Å². The fourth-order valence-electron chi connectivity index (χ4n) is 4.01. The monoisotopic (exact) mass is 316 g/mol. The summed E-state index contributed by atoms with van der Waals surface area (Å²) in [4.78, 5) is 0. The molecule has 2 unspecified atom stereocenters. The molecule has 0 aromatic rings. The van der Waals surface area contributed by atoms with Gasteiger partial charge in [0.15, 0.2) is 0 Å². The zero-order valence-corrected chi connectivity index (χ0v) is 14.9. The summed E-state index contributed by atoms with van der Waals surface area (Å²) in [7, 11) is -2.94. The zero-order chi connectivity index (χ0) is 15.3. The third-order valence-corrected chi connectivity index (χ3v) is 6.77. The van der Waals surface area contributed by atoms with Gasteiger partial charge in [-0.25, -0.2) is 0 Å². The normalized spacial score (nSPS) is 28.0. The summed E-state index contributed by atoms with van der Waals surface area (Å²) < 4.78 is 24.4. The van der Waals surface area contributed by atoms with Crippen LogP contribution in [0.5, 0.6) is 0 Å². The molecule has 2 atom stereocenters. The van der Waals surface area contributed by atoms with Gasteiger partial charge in [-0.1, -0.05) is 38.5 Å². The highest BCUT2D eigenvalue weighted by Crippen LogP contribution is 2.50. The lowest BCUT2D eigenvalue weighted by molar-refractivity contribution is 0.0605. The second-order valence-corrected chi connectivity index (χ2v) is 9.15. The van der Waals surface area contributed by atoms with E-state index in [4.69, 9.17) is 9.05 Å². The lowest BCUT2D eigenvalue weighted by Gasteiger charge is -2.32. The first-order chi connectivity index (χ1) is 9.98. The van der Waals surface area contributed by atoms with Crippen LogP contribution in [-0.2, 0) is 13.6 Å². The Morgan fingerprint density at radius 2 is 1.10 bits per heavy atom. The minimum Gasteiger partial charge on any atom is -0.305 e.